The minimum absolute atomic E-state index is 0.123. The van der Waals surface area contributed by atoms with Crippen LogP contribution < -0.4 is 4.74 Å². The topological polar surface area (TPSA) is 66.8 Å². The van der Waals surface area contributed by atoms with Crippen LogP contribution in [0.4, 0.5) is 0 Å². The molecule has 1 aromatic heterocycles. The maximum Gasteiger partial charge on any atom is 0.312 e. The van der Waals surface area contributed by atoms with Crippen molar-refractivity contribution in [3.8, 4) is 11.5 Å². The van der Waals surface area contributed by atoms with E-state index in [1.54, 1.807) is 18.2 Å². The number of carbonyl (C=O) groups is 1. The number of methoxy groups -OCH3 is 1. The third kappa shape index (κ3) is 3.61. The highest BCUT2D eigenvalue weighted by molar-refractivity contribution is 7.16. The summed E-state index contributed by atoms with van der Waals surface area (Å²) >= 11 is 13.0. The summed E-state index contributed by atoms with van der Waals surface area (Å²) in [6.45, 7) is 0. The maximum atomic E-state index is 11.5. The van der Waals surface area contributed by atoms with Gasteiger partial charge in [0.2, 0.25) is 0 Å². The standard InChI is InChI=1S/C14H12Cl2O4S/c1-20-10-6-7(5-9(15)13(10)17)4-8(14(18)19)11-2-3-12(16)21-11/h2-3,5-6,8,17H,4H2,1H3,(H,18,19). The molecule has 0 saturated heterocycles. The molecule has 112 valence electrons. The van der Waals surface area contributed by atoms with Crippen molar-refractivity contribution in [2.45, 2.75) is 12.3 Å². The lowest BCUT2D eigenvalue weighted by atomic mass is 9.97. The molecule has 0 radical (unpaired) electrons. The molecule has 2 rings (SSSR count). The van der Waals surface area contributed by atoms with Gasteiger partial charge in [0, 0.05) is 4.88 Å². The van der Waals surface area contributed by atoms with Crippen LogP contribution in [0.3, 0.4) is 0 Å². The van der Waals surface area contributed by atoms with Crippen LogP contribution in [0.5, 0.6) is 11.5 Å². The monoisotopic (exact) mass is 346 g/mol. The van der Waals surface area contributed by atoms with E-state index in [9.17, 15) is 15.0 Å². The van der Waals surface area contributed by atoms with Crippen molar-refractivity contribution >= 4 is 40.5 Å². The molecule has 4 nitrogen and oxygen atoms in total. The quantitative estimate of drug-likeness (QED) is 0.852. The molecule has 1 heterocycles. The van der Waals surface area contributed by atoms with Gasteiger partial charge in [0.25, 0.3) is 0 Å². The molecule has 0 amide bonds. The number of aromatic hydroxyl groups is 1. The van der Waals surface area contributed by atoms with Crippen molar-refractivity contribution < 1.29 is 19.7 Å². The van der Waals surface area contributed by atoms with Gasteiger partial charge < -0.3 is 14.9 Å². The highest BCUT2D eigenvalue weighted by Crippen LogP contribution is 2.37. The molecule has 0 aliphatic carbocycles. The number of phenols is 1. The van der Waals surface area contributed by atoms with E-state index >= 15 is 0 Å². The third-order valence-electron chi connectivity index (χ3n) is 2.98. The summed E-state index contributed by atoms with van der Waals surface area (Å²) < 4.78 is 5.56. The number of phenolic OH excluding ortho intramolecular Hbond substituents is 1. The van der Waals surface area contributed by atoms with Crippen molar-refractivity contribution in [3.05, 3.63) is 44.1 Å². The van der Waals surface area contributed by atoms with Gasteiger partial charge in [0.05, 0.1) is 22.4 Å². The molecule has 1 aromatic carbocycles. The largest absolute Gasteiger partial charge is 0.503 e. The smallest absolute Gasteiger partial charge is 0.312 e. The second-order valence-corrected chi connectivity index (χ2v) is 6.52. The van der Waals surface area contributed by atoms with Crippen LogP contribution in [0.2, 0.25) is 9.36 Å². The number of ether oxygens (including phenoxy) is 1. The van der Waals surface area contributed by atoms with Crippen LogP contribution in [0.15, 0.2) is 24.3 Å². The van der Waals surface area contributed by atoms with Gasteiger partial charge in [-0.05, 0) is 36.2 Å². The number of aliphatic carboxylic acids is 1. The van der Waals surface area contributed by atoms with E-state index in [0.717, 1.165) is 0 Å². The summed E-state index contributed by atoms with van der Waals surface area (Å²) in [7, 11) is 1.41. The molecule has 1 atom stereocenters. The van der Waals surface area contributed by atoms with Crippen molar-refractivity contribution in [3.63, 3.8) is 0 Å². The Balaban J connectivity index is 2.33. The van der Waals surface area contributed by atoms with E-state index in [4.69, 9.17) is 27.9 Å². The van der Waals surface area contributed by atoms with E-state index in [1.165, 1.54) is 24.5 Å². The number of rotatable bonds is 5. The highest BCUT2D eigenvalue weighted by Gasteiger charge is 2.23. The number of hydrogen-bond donors (Lipinski definition) is 2. The second-order valence-electron chi connectivity index (χ2n) is 4.37. The van der Waals surface area contributed by atoms with Crippen LogP contribution in [0.25, 0.3) is 0 Å². The van der Waals surface area contributed by atoms with E-state index in [0.29, 0.717) is 14.8 Å². The van der Waals surface area contributed by atoms with Gasteiger partial charge in [-0.15, -0.1) is 11.3 Å². The zero-order valence-electron chi connectivity index (χ0n) is 11.0. The van der Waals surface area contributed by atoms with Crippen LogP contribution in [-0.2, 0) is 11.2 Å². The normalized spacial score (nSPS) is 12.1. The zero-order chi connectivity index (χ0) is 15.6. The minimum Gasteiger partial charge on any atom is -0.503 e. The van der Waals surface area contributed by atoms with Crippen LogP contribution >= 0.6 is 34.5 Å². The van der Waals surface area contributed by atoms with Gasteiger partial charge in [0.1, 0.15) is 0 Å². The van der Waals surface area contributed by atoms with E-state index in [2.05, 4.69) is 0 Å². The lowest BCUT2D eigenvalue weighted by Crippen LogP contribution is -2.13. The molecule has 2 aromatic rings. The van der Waals surface area contributed by atoms with Gasteiger partial charge >= 0.3 is 5.97 Å². The number of hydrogen-bond acceptors (Lipinski definition) is 4. The van der Waals surface area contributed by atoms with Crippen molar-refractivity contribution in [1.82, 2.24) is 0 Å². The summed E-state index contributed by atoms with van der Waals surface area (Å²) in [5.74, 6) is -1.62. The minimum atomic E-state index is -0.948. The number of thiophene rings is 1. The Hall–Kier alpha value is -1.43. The Morgan fingerprint density at radius 2 is 2.10 bits per heavy atom. The Labute approximate surface area is 135 Å². The molecular formula is C14H12Cl2O4S. The molecule has 0 aliphatic heterocycles. The highest BCUT2D eigenvalue weighted by atomic mass is 35.5. The van der Waals surface area contributed by atoms with Crippen LogP contribution in [0.1, 0.15) is 16.4 Å². The lowest BCUT2D eigenvalue weighted by molar-refractivity contribution is -0.138. The molecule has 0 saturated carbocycles. The van der Waals surface area contributed by atoms with Crippen LogP contribution in [0, 0.1) is 0 Å². The zero-order valence-corrected chi connectivity index (χ0v) is 13.3. The third-order valence-corrected chi connectivity index (χ3v) is 4.62. The van der Waals surface area contributed by atoms with Crippen LogP contribution in [-0.4, -0.2) is 23.3 Å². The Bertz CT molecular complexity index is 669. The first-order valence-corrected chi connectivity index (χ1v) is 7.53. The molecule has 2 N–H and O–H groups in total. The molecule has 0 aliphatic rings. The first-order valence-electron chi connectivity index (χ1n) is 5.95. The average Bonchev–Trinajstić information content (AvgIpc) is 2.85. The molecule has 21 heavy (non-hydrogen) atoms. The van der Waals surface area contributed by atoms with E-state index in [1.807, 2.05) is 0 Å². The fourth-order valence-corrected chi connectivity index (χ4v) is 3.35. The molecule has 1 unspecified atom stereocenters. The predicted octanol–water partition coefficient (Wildman–Crippen LogP) is 4.18. The van der Waals surface area contributed by atoms with Gasteiger partial charge in [-0.25, -0.2) is 0 Å². The number of carboxylic acids is 1. The average molecular weight is 347 g/mol. The Kier molecular flexibility index (Phi) is 4.98. The molecular weight excluding hydrogens is 335 g/mol. The summed E-state index contributed by atoms with van der Waals surface area (Å²) in [5, 5.41) is 19.2. The Morgan fingerprint density at radius 3 is 2.62 bits per heavy atom. The van der Waals surface area contributed by atoms with Gasteiger partial charge in [-0.3, -0.25) is 4.79 Å². The molecule has 7 heteroatoms. The summed E-state index contributed by atoms with van der Waals surface area (Å²) in [6.07, 6.45) is 0.225. The van der Waals surface area contributed by atoms with Crippen molar-refractivity contribution in [1.29, 1.82) is 0 Å². The summed E-state index contributed by atoms with van der Waals surface area (Å²) in [6, 6.07) is 6.48. The second kappa shape index (κ2) is 6.56. The first-order chi connectivity index (χ1) is 9.92. The van der Waals surface area contributed by atoms with Crippen molar-refractivity contribution in [2.24, 2.45) is 0 Å². The summed E-state index contributed by atoms with van der Waals surface area (Å²) in [4.78, 5) is 12.1. The van der Waals surface area contributed by atoms with Gasteiger partial charge in [-0.1, -0.05) is 23.2 Å². The number of benzene rings is 1. The first kappa shape index (κ1) is 15.9. The van der Waals surface area contributed by atoms with E-state index < -0.39 is 11.9 Å². The molecule has 0 fully saturated rings. The molecule has 0 spiro atoms. The predicted molar refractivity (Wildman–Crippen MR) is 83.1 cm³/mol. The van der Waals surface area contributed by atoms with Gasteiger partial charge in [-0.2, -0.15) is 0 Å². The molecule has 0 bridgehead atoms. The lowest BCUT2D eigenvalue weighted by Gasteiger charge is -2.13. The number of halogens is 2. The SMILES string of the molecule is COc1cc(CC(C(=O)O)c2ccc(Cl)s2)cc(Cl)c1O. The van der Waals surface area contributed by atoms with Crippen molar-refractivity contribution in [2.75, 3.05) is 7.11 Å². The summed E-state index contributed by atoms with van der Waals surface area (Å²) in [5.41, 5.74) is 0.659. The van der Waals surface area contributed by atoms with E-state index in [-0.39, 0.29) is 22.9 Å². The number of carboxylic acid groups (broad SMARTS) is 1. The fourth-order valence-electron chi connectivity index (χ4n) is 1.96. The van der Waals surface area contributed by atoms with Gasteiger partial charge in [0.15, 0.2) is 11.5 Å². The fraction of sp³-hybridized carbons (Fsp3) is 0.214. The Morgan fingerprint density at radius 1 is 1.38 bits per heavy atom. The maximum absolute atomic E-state index is 11.5.